The summed E-state index contributed by atoms with van der Waals surface area (Å²) >= 11 is 0. The molecule has 1 atom stereocenters. The highest BCUT2D eigenvalue weighted by Crippen LogP contribution is 2.56. The first-order valence-corrected chi connectivity index (χ1v) is 16.9. The molecule has 0 heteroatoms. The molecular weight excluding hydrogens is 553 g/mol. The number of hydrogen-bond donors (Lipinski definition) is 0. The van der Waals surface area contributed by atoms with Crippen LogP contribution in [0.1, 0.15) is 64.7 Å². The molecule has 0 heterocycles. The highest BCUT2D eigenvalue weighted by atomic mass is 14.4. The lowest BCUT2D eigenvalue weighted by molar-refractivity contribution is 0.487. The zero-order valence-electron chi connectivity index (χ0n) is 28.6. The van der Waals surface area contributed by atoms with Crippen LogP contribution in [-0.2, 0) is 0 Å². The van der Waals surface area contributed by atoms with Gasteiger partial charge < -0.3 is 0 Å². The largest absolute Gasteiger partial charge is 0.0614 e. The number of allylic oxidation sites excluding steroid dienone is 14. The Bertz CT molecular complexity index is 2230. The molecule has 0 saturated carbocycles. The van der Waals surface area contributed by atoms with Crippen molar-refractivity contribution in [1.82, 2.24) is 0 Å². The molecule has 4 aliphatic carbocycles. The van der Waals surface area contributed by atoms with E-state index in [0.717, 1.165) is 6.42 Å². The Hall–Kier alpha value is -4.42. The first-order valence-electron chi connectivity index (χ1n) is 16.9. The van der Waals surface area contributed by atoms with Gasteiger partial charge in [-0.15, -0.1) is 0 Å². The SMILES string of the molecule is Cc1cccc2cccc(-c3c(C4=CC5=C6C(=CC=C7C=C(C(C)(C)C)C=C4C76)CC(C(C)(C)C)=C5)ccc4cccc(C)c34)c12. The smallest absolute Gasteiger partial charge is 0.0355 e. The Balaban J connectivity index is 1.50. The molecule has 0 aromatic heterocycles. The summed E-state index contributed by atoms with van der Waals surface area (Å²) in [4.78, 5) is 0. The number of hydrogen-bond acceptors (Lipinski definition) is 0. The lowest BCUT2D eigenvalue weighted by Gasteiger charge is -2.42. The van der Waals surface area contributed by atoms with Gasteiger partial charge in [-0.25, -0.2) is 0 Å². The maximum absolute atomic E-state index is 2.55. The maximum atomic E-state index is 2.55. The molecule has 0 bridgehead atoms. The zero-order valence-corrected chi connectivity index (χ0v) is 28.6. The molecule has 1 unspecified atom stereocenters. The van der Waals surface area contributed by atoms with Gasteiger partial charge in [-0.05, 0) is 126 Å². The molecule has 228 valence electrons. The first-order chi connectivity index (χ1) is 21.9. The Labute approximate surface area is 274 Å². The van der Waals surface area contributed by atoms with Gasteiger partial charge in [0.1, 0.15) is 0 Å². The Morgan fingerprint density at radius 1 is 0.609 bits per heavy atom. The van der Waals surface area contributed by atoms with E-state index < -0.39 is 0 Å². The second-order valence-electron chi connectivity index (χ2n) is 15.9. The second-order valence-corrected chi connectivity index (χ2v) is 15.9. The number of rotatable bonds is 2. The highest BCUT2D eigenvalue weighted by Gasteiger charge is 2.40. The van der Waals surface area contributed by atoms with E-state index in [1.54, 1.807) is 0 Å². The van der Waals surface area contributed by atoms with Gasteiger partial charge in [-0.3, -0.25) is 0 Å². The Morgan fingerprint density at radius 3 is 1.98 bits per heavy atom. The molecule has 4 aromatic rings. The van der Waals surface area contributed by atoms with Gasteiger partial charge >= 0.3 is 0 Å². The van der Waals surface area contributed by atoms with Crippen LogP contribution in [-0.4, -0.2) is 0 Å². The fraction of sp³-hybridized carbons (Fsp3) is 0.261. The van der Waals surface area contributed by atoms with Gasteiger partial charge in [0.05, 0.1) is 0 Å². The first kappa shape index (κ1) is 29.0. The van der Waals surface area contributed by atoms with E-state index in [2.05, 4.69) is 159 Å². The summed E-state index contributed by atoms with van der Waals surface area (Å²) in [5.74, 6) is 0.258. The molecule has 0 N–H and O–H groups in total. The Kier molecular flexibility index (Phi) is 6.33. The van der Waals surface area contributed by atoms with Gasteiger partial charge in [-0.1, -0.05) is 144 Å². The summed E-state index contributed by atoms with van der Waals surface area (Å²) in [7, 11) is 0. The summed E-state index contributed by atoms with van der Waals surface area (Å²) < 4.78 is 0. The van der Waals surface area contributed by atoms with Gasteiger partial charge in [-0.2, -0.15) is 0 Å². The predicted molar refractivity (Wildman–Crippen MR) is 199 cm³/mol. The molecule has 46 heavy (non-hydrogen) atoms. The van der Waals surface area contributed by atoms with Crippen LogP contribution in [0.4, 0.5) is 0 Å². The van der Waals surface area contributed by atoms with Gasteiger partial charge in [0.2, 0.25) is 0 Å². The third kappa shape index (κ3) is 4.41. The third-order valence-electron chi connectivity index (χ3n) is 10.8. The van der Waals surface area contributed by atoms with Crippen molar-refractivity contribution in [3.8, 4) is 11.1 Å². The standard InChI is InChI=1S/C46H44/c1-27-12-9-14-29-16-11-17-37(40(27)29)44-36(21-20-30-15-10-13-28(2)41(30)44)38-25-33-24-34(45(3,4)5)22-31-18-19-32-23-35(46(6,7)8)26-39(38)43(32)42(31)33/h9-21,23-26,43H,22H2,1-8H3. The van der Waals surface area contributed by atoms with Crippen LogP contribution in [0, 0.1) is 30.6 Å². The van der Waals surface area contributed by atoms with Crippen LogP contribution in [0.15, 0.2) is 142 Å². The lowest BCUT2D eigenvalue weighted by Crippen LogP contribution is -2.27. The van der Waals surface area contributed by atoms with Crippen molar-refractivity contribution in [2.24, 2.45) is 16.7 Å². The van der Waals surface area contributed by atoms with Gasteiger partial charge in [0.25, 0.3) is 0 Å². The molecule has 8 rings (SSSR count). The highest BCUT2D eigenvalue weighted by molar-refractivity contribution is 6.12. The average molecular weight is 597 g/mol. The Morgan fingerprint density at radius 2 is 1.28 bits per heavy atom. The van der Waals surface area contributed by atoms with Crippen molar-refractivity contribution in [3.05, 3.63) is 159 Å². The van der Waals surface area contributed by atoms with Gasteiger partial charge in [0, 0.05) is 5.92 Å². The normalized spacial score (nSPS) is 19.3. The van der Waals surface area contributed by atoms with E-state index in [1.807, 2.05) is 0 Å². The average Bonchev–Trinajstić information content (AvgIpc) is 3.01. The van der Waals surface area contributed by atoms with Crippen LogP contribution in [0.25, 0.3) is 38.2 Å². The molecule has 4 aromatic carbocycles. The monoisotopic (exact) mass is 596 g/mol. The third-order valence-corrected chi connectivity index (χ3v) is 10.8. The van der Waals surface area contributed by atoms with Crippen molar-refractivity contribution in [3.63, 3.8) is 0 Å². The van der Waals surface area contributed by atoms with Crippen molar-refractivity contribution in [2.45, 2.75) is 61.8 Å². The van der Waals surface area contributed by atoms with E-state index in [-0.39, 0.29) is 16.7 Å². The molecule has 0 saturated heterocycles. The van der Waals surface area contributed by atoms with Crippen LogP contribution >= 0.6 is 0 Å². The molecular formula is C46H44. The van der Waals surface area contributed by atoms with E-state index in [9.17, 15) is 0 Å². The maximum Gasteiger partial charge on any atom is 0.0355 e. The zero-order chi connectivity index (χ0) is 32.1. The van der Waals surface area contributed by atoms with Crippen LogP contribution in [0.5, 0.6) is 0 Å². The molecule has 0 spiro atoms. The molecule has 0 nitrogen and oxygen atoms in total. The minimum Gasteiger partial charge on any atom is -0.0614 e. The van der Waals surface area contributed by atoms with Crippen LogP contribution < -0.4 is 0 Å². The van der Waals surface area contributed by atoms with E-state index in [4.69, 9.17) is 0 Å². The second kappa shape index (κ2) is 10.0. The lowest BCUT2D eigenvalue weighted by atomic mass is 9.61. The minimum atomic E-state index is 0.0456. The van der Waals surface area contributed by atoms with E-state index >= 15 is 0 Å². The van der Waals surface area contributed by atoms with Crippen molar-refractivity contribution >= 4 is 27.1 Å². The summed E-state index contributed by atoms with van der Waals surface area (Å²) in [6.45, 7) is 18.7. The van der Waals surface area contributed by atoms with E-state index in [0.29, 0.717) is 0 Å². The van der Waals surface area contributed by atoms with Crippen LogP contribution in [0.2, 0.25) is 0 Å². The molecule has 0 radical (unpaired) electrons. The van der Waals surface area contributed by atoms with Crippen molar-refractivity contribution in [1.29, 1.82) is 0 Å². The molecule has 0 amide bonds. The van der Waals surface area contributed by atoms with Crippen molar-refractivity contribution < 1.29 is 0 Å². The quantitative estimate of drug-likeness (QED) is 0.216. The summed E-state index contributed by atoms with van der Waals surface area (Å²) in [5.41, 5.74) is 18.4. The molecule has 0 fully saturated rings. The number of fused-ring (bicyclic) bond motifs is 2. The summed E-state index contributed by atoms with van der Waals surface area (Å²) in [6.07, 6.45) is 16.0. The fourth-order valence-corrected chi connectivity index (χ4v) is 8.24. The van der Waals surface area contributed by atoms with E-state index in [1.165, 1.54) is 93.9 Å². The molecule has 0 aliphatic heterocycles. The molecule has 4 aliphatic rings. The van der Waals surface area contributed by atoms with Crippen molar-refractivity contribution in [2.75, 3.05) is 0 Å². The number of benzene rings is 4. The number of aryl methyl sites for hydroxylation is 2. The predicted octanol–water partition coefficient (Wildman–Crippen LogP) is 12.7. The van der Waals surface area contributed by atoms with Crippen LogP contribution in [0.3, 0.4) is 0 Å². The fourth-order valence-electron chi connectivity index (χ4n) is 8.24. The minimum absolute atomic E-state index is 0.0456. The summed E-state index contributed by atoms with van der Waals surface area (Å²) in [6, 6.07) is 25.1. The topological polar surface area (TPSA) is 0 Å². The van der Waals surface area contributed by atoms with Gasteiger partial charge in [0.15, 0.2) is 0 Å². The summed E-state index contributed by atoms with van der Waals surface area (Å²) in [5, 5.41) is 5.30.